The smallest absolute Gasteiger partial charge is 0.287 e. The molecule has 1 atom stereocenters. The SMILES string of the molecule is NCCCC(N)CNC(=O)c1nc2ccc(-c3ccc(F)cc3)cc2n1Cc1cc([N+](=O)[O-])ccc1F. The second kappa shape index (κ2) is 11.2. The number of nitrogens with two attached hydrogens (primary N) is 2. The van der Waals surface area contributed by atoms with Crippen molar-refractivity contribution >= 4 is 22.6 Å². The molecule has 9 nitrogen and oxygen atoms in total. The second-order valence-electron chi connectivity index (χ2n) is 8.67. The molecule has 0 bridgehead atoms. The summed E-state index contributed by atoms with van der Waals surface area (Å²) >= 11 is 0. The van der Waals surface area contributed by atoms with Crippen molar-refractivity contribution in [3.05, 3.63) is 93.8 Å². The van der Waals surface area contributed by atoms with Gasteiger partial charge in [-0.3, -0.25) is 14.9 Å². The van der Waals surface area contributed by atoms with Crippen LogP contribution in [0.4, 0.5) is 14.5 Å². The van der Waals surface area contributed by atoms with Crippen molar-refractivity contribution in [3.63, 3.8) is 0 Å². The van der Waals surface area contributed by atoms with Crippen molar-refractivity contribution in [1.29, 1.82) is 0 Å². The summed E-state index contributed by atoms with van der Waals surface area (Å²) in [4.78, 5) is 28.2. The zero-order valence-corrected chi connectivity index (χ0v) is 19.9. The predicted molar refractivity (Wildman–Crippen MR) is 136 cm³/mol. The highest BCUT2D eigenvalue weighted by Crippen LogP contribution is 2.27. The highest BCUT2D eigenvalue weighted by atomic mass is 19.1. The van der Waals surface area contributed by atoms with Crippen LogP contribution in [0.25, 0.3) is 22.2 Å². The lowest BCUT2D eigenvalue weighted by molar-refractivity contribution is -0.385. The van der Waals surface area contributed by atoms with Crippen molar-refractivity contribution in [2.75, 3.05) is 13.1 Å². The number of nitro benzene ring substituents is 1. The fourth-order valence-electron chi connectivity index (χ4n) is 4.03. The first-order valence-electron chi connectivity index (χ1n) is 11.7. The van der Waals surface area contributed by atoms with Gasteiger partial charge in [-0.25, -0.2) is 13.8 Å². The molecule has 37 heavy (non-hydrogen) atoms. The number of benzene rings is 3. The summed E-state index contributed by atoms with van der Waals surface area (Å²) < 4.78 is 29.6. The van der Waals surface area contributed by atoms with Gasteiger partial charge in [0.05, 0.1) is 22.5 Å². The number of hydrogen-bond donors (Lipinski definition) is 3. The Morgan fingerprint density at radius 3 is 2.51 bits per heavy atom. The maximum atomic E-state index is 14.7. The van der Waals surface area contributed by atoms with Gasteiger partial charge in [-0.15, -0.1) is 0 Å². The number of non-ortho nitro benzene ring substituents is 1. The molecule has 5 N–H and O–H groups in total. The number of carbonyl (C=O) groups is 1. The largest absolute Gasteiger partial charge is 0.348 e. The topological polar surface area (TPSA) is 142 Å². The molecule has 1 amide bonds. The van der Waals surface area contributed by atoms with Crippen molar-refractivity contribution < 1.29 is 18.5 Å². The first-order valence-corrected chi connectivity index (χ1v) is 11.7. The molecule has 0 radical (unpaired) electrons. The van der Waals surface area contributed by atoms with E-state index in [9.17, 15) is 23.7 Å². The summed E-state index contributed by atoms with van der Waals surface area (Å²) in [6.45, 7) is 0.496. The fourth-order valence-corrected chi connectivity index (χ4v) is 4.03. The average molecular weight is 509 g/mol. The molecule has 0 saturated carbocycles. The lowest BCUT2D eigenvalue weighted by Crippen LogP contribution is -2.38. The van der Waals surface area contributed by atoms with Gasteiger partial charge in [0, 0.05) is 30.3 Å². The van der Waals surface area contributed by atoms with Crippen molar-refractivity contribution in [3.8, 4) is 11.1 Å². The number of hydrogen-bond acceptors (Lipinski definition) is 6. The van der Waals surface area contributed by atoms with Gasteiger partial charge in [0.25, 0.3) is 11.6 Å². The van der Waals surface area contributed by atoms with Crippen molar-refractivity contribution in [2.24, 2.45) is 11.5 Å². The van der Waals surface area contributed by atoms with Crippen LogP contribution in [0.2, 0.25) is 0 Å². The van der Waals surface area contributed by atoms with Gasteiger partial charge in [-0.1, -0.05) is 18.2 Å². The van der Waals surface area contributed by atoms with E-state index in [0.29, 0.717) is 30.4 Å². The van der Waals surface area contributed by atoms with Crippen LogP contribution in [0.1, 0.15) is 29.0 Å². The Bertz CT molecular complexity index is 1440. The number of rotatable bonds is 10. The molecule has 192 valence electrons. The van der Waals surface area contributed by atoms with Crippen LogP contribution in [0, 0.1) is 21.7 Å². The van der Waals surface area contributed by atoms with Gasteiger partial charge >= 0.3 is 0 Å². The summed E-state index contributed by atoms with van der Waals surface area (Å²) in [5, 5.41) is 14.0. The van der Waals surface area contributed by atoms with E-state index >= 15 is 0 Å². The Hall–Kier alpha value is -4.22. The molecular weight excluding hydrogens is 482 g/mol. The third-order valence-corrected chi connectivity index (χ3v) is 6.00. The van der Waals surface area contributed by atoms with Gasteiger partial charge in [-0.05, 0) is 60.8 Å². The fraction of sp³-hybridized carbons (Fsp3) is 0.231. The number of aromatic nitrogens is 2. The first kappa shape index (κ1) is 25.9. The quantitative estimate of drug-likeness (QED) is 0.220. The number of nitrogens with one attached hydrogen (secondary N) is 1. The standard InChI is InChI=1S/C26H26F2N6O3/c27-19-6-3-16(4-7-19)17-5-10-23-24(13-17)33(15-18-12-21(34(36)37)8-9-22(18)28)25(32-23)26(35)31-14-20(30)2-1-11-29/h3-10,12-13,20H,1-2,11,14-15,29-30H2,(H,31,35). The molecule has 3 aromatic carbocycles. The monoisotopic (exact) mass is 508 g/mol. The Kier molecular flexibility index (Phi) is 7.85. The van der Waals surface area contributed by atoms with E-state index in [0.717, 1.165) is 29.3 Å². The van der Waals surface area contributed by atoms with Gasteiger partial charge < -0.3 is 21.4 Å². The maximum Gasteiger partial charge on any atom is 0.287 e. The van der Waals surface area contributed by atoms with Crippen LogP contribution >= 0.6 is 0 Å². The normalized spacial score (nSPS) is 12.0. The van der Waals surface area contributed by atoms with Crippen molar-refractivity contribution in [2.45, 2.75) is 25.4 Å². The predicted octanol–water partition coefficient (Wildman–Crippen LogP) is 3.73. The third-order valence-electron chi connectivity index (χ3n) is 6.00. The van der Waals surface area contributed by atoms with Crippen LogP contribution in [0.5, 0.6) is 0 Å². The van der Waals surface area contributed by atoms with Gasteiger partial charge in [-0.2, -0.15) is 0 Å². The minimum Gasteiger partial charge on any atom is -0.348 e. The first-order chi connectivity index (χ1) is 17.8. The van der Waals surface area contributed by atoms with E-state index in [2.05, 4.69) is 10.3 Å². The lowest BCUT2D eigenvalue weighted by Gasteiger charge is -2.14. The van der Waals surface area contributed by atoms with E-state index < -0.39 is 16.6 Å². The van der Waals surface area contributed by atoms with E-state index in [1.165, 1.54) is 16.7 Å². The molecule has 1 unspecified atom stereocenters. The highest BCUT2D eigenvalue weighted by Gasteiger charge is 2.21. The average Bonchev–Trinajstić information content (AvgIpc) is 3.25. The Morgan fingerprint density at radius 1 is 1.08 bits per heavy atom. The molecule has 1 aromatic heterocycles. The van der Waals surface area contributed by atoms with E-state index in [-0.39, 0.29) is 42.0 Å². The zero-order chi connectivity index (χ0) is 26.5. The molecular formula is C26H26F2N6O3. The summed E-state index contributed by atoms with van der Waals surface area (Å²) in [5.74, 6) is -1.55. The van der Waals surface area contributed by atoms with E-state index in [4.69, 9.17) is 11.5 Å². The Balaban J connectivity index is 1.76. The van der Waals surface area contributed by atoms with Crippen LogP contribution in [-0.4, -0.2) is 39.5 Å². The van der Waals surface area contributed by atoms with Crippen LogP contribution < -0.4 is 16.8 Å². The molecule has 0 spiro atoms. The van der Waals surface area contributed by atoms with Crippen LogP contribution in [0.15, 0.2) is 60.7 Å². The van der Waals surface area contributed by atoms with Crippen LogP contribution in [0.3, 0.4) is 0 Å². The number of nitrogens with zero attached hydrogens (tertiary/aromatic N) is 3. The van der Waals surface area contributed by atoms with Gasteiger partial charge in [0.2, 0.25) is 0 Å². The highest BCUT2D eigenvalue weighted by molar-refractivity contribution is 5.95. The van der Waals surface area contributed by atoms with Gasteiger partial charge in [0.1, 0.15) is 11.6 Å². The molecule has 11 heteroatoms. The molecule has 4 rings (SSSR count). The molecule has 0 fully saturated rings. The number of halogens is 2. The molecule has 0 saturated heterocycles. The second-order valence-corrected chi connectivity index (χ2v) is 8.67. The number of amides is 1. The summed E-state index contributed by atoms with van der Waals surface area (Å²) in [5.41, 5.74) is 13.7. The summed E-state index contributed by atoms with van der Waals surface area (Å²) in [7, 11) is 0. The van der Waals surface area contributed by atoms with Gasteiger partial charge in [0.15, 0.2) is 5.82 Å². The number of imidazole rings is 1. The maximum absolute atomic E-state index is 14.7. The number of nitro groups is 1. The Morgan fingerprint density at radius 2 is 1.81 bits per heavy atom. The third kappa shape index (κ3) is 5.96. The summed E-state index contributed by atoms with van der Waals surface area (Å²) in [6, 6.07) is 14.1. The zero-order valence-electron chi connectivity index (χ0n) is 19.9. The molecule has 4 aromatic rings. The Labute approximate surface area is 211 Å². The van der Waals surface area contributed by atoms with E-state index in [1.807, 2.05) is 0 Å². The molecule has 0 aliphatic rings. The molecule has 1 heterocycles. The minimum absolute atomic E-state index is 0.00295. The van der Waals surface area contributed by atoms with Crippen molar-refractivity contribution in [1.82, 2.24) is 14.9 Å². The minimum atomic E-state index is -0.655. The molecule has 0 aliphatic carbocycles. The summed E-state index contributed by atoms with van der Waals surface area (Å²) in [6.07, 6.45) is 1.35. The van der Waals surface area contributed by atoms with E-state index in [1.54, 1.807) is 30.3 Å². The number of fused-ring (bicyclic) bond motifs is 1. The molecule has 0 aliphatic heterocycles. The van der Waals surface area contributed by atoms with Crippen LogP contribution in [-0.2, 0) is 6.54 Å². The number of carbonyl (C=O) groups excluding carboxylic acids is 1. The lowest BCUT2D eigenvalue weighted by atomic mass is 10.1.